The highest BCUT2D eigenvalue weighted by Crippen LogP contribution is 2.30. The smallest absolute Gasteiger partial charge is 0.232 e. The van der Waals surface area contributed by atoms with Gasteiger partial charge in [-0.2, -0.15) is 4.80 Å². The number of ketones is 1. The molecule has 29 heavy (non-hydrogen) atoms. The zero-order chi connectivity index (χ0) is 20.6. The molecule has 0 aliphatic carbocycles. The molecule has 0 saturated heterocycles. The maximum atomic E-state index is 12.7. The second-order valence-electron chi connectivity index (χ2n) is 6.86. The minimum absolute atomic E-state index is 0.0673. The van der Waals surface area contributed by atoms with E-state index < -0.39 is 10.0 Å². The van der Waals surface area contributed by atoms with E-state index in [1.807, 2.05) is 6.07 Å². The summed E-state index contributed by atoms with van der Waals surface area (Å²) in [5, 5.41) is 12.7. The Morgan fingerprint density at radius 3 is 2.79 bits per heavy atom. The summed E-state index contributed by atoms with van der Waals surface area (Å²) in [5.41, 5.74) is 2.68. The lowest BCUT2D eigenvalue weighted by Crippen LogP contribution is -2.34. The highest BCUT2D eigenvalue weighted by atomic mass is 35.5. The average Bonchev–Trinajstić information content (AvgIpc) is 3.15. The van der Waals surface area contributed by atoms with Gasteiger partial charge in [-0.3, -0.25) is 9.10 Å². The summed E-state index contributed by atoms with van der Waals surface area (Å²) in [5.74, 6) is 0.203. The summed E-state index contributed by atoms with van der Waals surface area (Å²) in [6.07, 6.45) is 2.63. The summed E-state index contributed by atoms with van der Waals surface area (Å²) in [4.78, 5) is 13.9. The van der Waals surface area contributed by atoms with Crippen molar-refractivity contribution in [1.82, 2.24) is 20.2 Å². The van der Waals surface area contributed by atoms with Crippen molar-refractivity contribution >= 4 is 33.1 Å². The number of aryl methyl sites for hydroxylation is 1. The van der Waals surface area contributed by atoms with Crippen molar-refractivity contribution in [3.8, 4) is 11.4 Å². The lowest BCUT2D eigenvalue weighted by atomic mass is 9.99. The van der Waals surface area contributed by atoms with Gasteiger partial charge in [0.15, 0.2) is 5.78 Å². The summed E-state index contributed by atoms with van der Waals surface area (Å²) in [6, 6.07) is 12.2. The number of anilines is 1. The quantitative estimate of drug-likeness (QED) is 0.576. The predicted molar refractivity (Wildman–Crippen MR) is 110 cm³/mol. The third kappa shape index (κ3) is 4.15. The SMILES string of the molecule is CS(=O)(=O)N1CCCc2cc(C(=O)Cn3nnc(-c4cccc(Cl)c4)n3)ccc21. The Morgan fingerprint density at radius 1 is 1.21 bits per heavy atom. The van der Waals surface area contributed by atoms with Crippen LogP contribution in [0, 0.1) is 0 Å². The molecule has 0 amide bonds. The van der Waals surface area contributed by atoms with Crippen LogP contribution in [0.15, 0.2) is 42.5 Å². The van der Waals surface area contributed by atoms with Gasteiger partial charge in [0.05, 0.1) is 11.9 Å². The normalized spacial score (nSPS) is 13.9. The fourth-order valence-corrected chi connectivity index (χ4v) is 4.54. The van der Waals surface area contributed by atoms with Gasteiger partial charge in [-0.25, -0.2) is 8.42 Å². The molecule has 1 aliphatic heterocycles. The van der Waals surface area contributed by atoms with E-state index in [1.54, 1.807) is 36.4 Å². The van der Waals surface area contributed by atoms with E-state index >= 15 is 0 Å². The predicted octanol–water partition coefficient (Wildman–Crippen LogP) is 2.59. The number of hydrogen-bond acceptors (Lipinski definition) is 6. The first-order chi connectivity index (χ1) is 13.8. The lowest BCUT2D eigenvalue weighted by Gasteiger charge is -2.29. The van der Waals surface area contributed by atoms with Gasteiger partial charge in [0.25, 0.3) is 0 Å². The van der Waals surface area contributed by atoms with E-state index in [9.17, 15) is 13.2 Å². The Hall–Kier alpha value is -2.78. The number of halogens is 1. The molecule has 150 valence electrons. The molecular formula is C19H18ClN5O3S. The monoisotopic (exact) mass is 431 g/mol. The number of tetrazole rings is 1. The number of hydrogen-bond donors (Lipinski definition) is 0. The number of sulfonamides is 1. The zero-order valence-corrected chi connectivity index (χ0v) is 17.2. The van der Waals surface area contributed by atoms with Gasteiger partial charge in [0.2, 0.25) is 15.8 Å². The number of carbonyl (C=O) groups excluding carboxylic acids is 1. The Labute approximate surface area is 173 Å². The Morgan fingerprint density at radius 2 is 2.03 bits per heavy atom. The van der Waals surface area contributed by atoms with Crippen LogP contribution in [0.25, 0.3) is 11.4 Å². The zero-order valence-electron chi connectivity index (χ0n) is 15.6. The summed E-state index contributed by atoms with van der Waals surface area (Å²) < 4.78 is 25.3. The minimum atomic E-state index is -3.34. The Kier molecular flexibility index (Phi) is 5.10. The Balaban J connectivity index is 1.54. The summed E-state index contributed by atoms with van der Waals surface area (Å²) in [6.45, 7) is 0.385. The number of benzene rings is 2. The second kappa shape index (κ2) is 7.57. The third-order valence-corrected chi connectivity index (χ3v) is 6.11. The van der Waals surface area contributed by atoms with E-state index in [1.165, 1.54) is 15.4 Å². The van der Waals surface area contributed by atoms with Crippen LogP contribution in [0.1, 0.15) is 22.3 Å². The van der Waals surface area contributed by atoms with Crippen molar-refractivity contribution in [2.75, 3.05) is 17.1 Å². The standard InChI is InChI=1S/C19H18ClN5O3S/c1-29(27,28)24-9-3-5-13-10-14(7-8-17(13)24)18(26)12-25-22-19(21-23-25)15-4-2-6-16(20)11-15/h2,4,6-8,10-11H,3,5,9,12H2,1H3. The maximum absolute atomic E-state index is 12.7. The van der Waals surface area contributed by atoms with Crippen molar-refractivity contribution in [3.05, 3.63) is 58.6 Å². The summed E-state index contributed by atoms with van der Waals surface area (Å²) >= 11 is 5.98. The molecule has 0 bridgehead atoms. The molecule has 10 heteroatoms. The summed E-state index contributed by atoms with van der Waals surface area (Å²) in [7, 11) is -3.34. The number of carbonyl (C=O) groups is 1. The molecule has 4 rings (SSSR count). The van der Waals surface area contributed by atoms with Crippen molar-refractivity contribution in [3.63, 3.8) is 0 Å². The minimum Gasteiger partial charge on any atom is -0.292 e. The fourth-order valence-electron chi connectivity index (χ4n) is 3.35. The third-order valence-electron chi connectivity index (χ3n) is 4.70. The van der Waals surface area contributed by atoms with Crippen LogP contribution in [0.5, 0.6) is 0 Å². The lowest BCUT2D eigenvalue weighted by molar-refractivity contribution is 0.0961. The number of fused-ring (bicyclic) bond motifs is 1. The first-order valence-corrected chi connectivity index (χ1v) is 11.2. The molecule has 0 fully saturated rings. The van der Waals surface area contributed by atoms with Crippen molar-refractivity contribution in [1.29, 1.82) is 0 Å². The van der Waals surface area contributed by atoms with Crippen LogP contribution in [-0.4, -0.2) is 47.2 Å². The highest BCUT2D eigenvalue weighted by Gasteiger charge is 2.24. The number of nitrogens with zero attached hydrogens (tertiary/aromatic N) is 5. The van der Waals surface area contributed by atoms with E-state index in [2.05, 4.69) is 15.4 Å². The van der Waals surface area contributed by atoms with Gasteiger partial charge in [-0.05, 0) is 54.0 Å². The van der Waals surface area contributed by atoms with E-state index in [0.717, 1.165) is 12.0 Å². The first kappa shape index (κ1) is 19.5. The van der Waals surface area contributed by atoms with Crippen molar-refractivity contribution < 1.29 is 13.2 Å². The van der Waals surface area contributed by atoms with Crippen molar-refractivity contribution in [2.45, 2.75) is 19.4 Å². The van der Waals surface area contributed by atoms with Crippen LogP contribution in [-0.2, 0) is 23.0 Å². The van der Waals surface area contributed by atoms with Crippen LogP contribution >= 0.6 is 11.6 Å². The van der Waals surface area contributed by atoms with Gasteiger partial charge in [0.1, 0.15) is 6.54 Å². The topological polar surface area (TPSA) is 98.1 Å². The highest BCUT2D eigenvalue weighted by molar-refractivity contribution is 7.92. The molecule has 1 aliphatic rings. The fraction of sp³-hybridized carbons (Fsp3) is 0.263. The Bertz CT molecular complexity index is 1190. The molecule has 0 radical (unpaired) electrons. The largest absolute Gasteiger partial charge is 0.292 e. The van der Waals surface area contributed by atoms with E-state index in [4.69, 9.17) is 11.6 Å². The molecule has 0 spiro atoms. The van der Waals surface area contributed by atoms with Crippen LogP contribution < -0.4 is 4.31 Å². The number of Topliss-reactive ketones (excluding diaryl/α,β-unsaturated/α-hetero) is 1. The molecular weight excluding hydrogens is 414 g/mol. The molecule has 0 saturated carbocycles. The molecule has 2 aromatic carbocycles. The van der Waals surface area contributed by atoms with Crippen LogP contribution in [0.4, 0.5) is 5.69 Å². The van der Waals surface area contributed by atoms with Crippen molar-refractivity contribution in [2.24, 2.45) is 0 Å². The number of aromatic nitrogens is 4. The average molecular weight is 432 g/mol. The van der Waals surface area contributed by atoms with E-state index in [-0.39, 0.29) is 12.3 Å². The first-order valence-electron chi connectivity index (χ1n) is 8.99. The molecule has 0 N–H and O–H groups in total. The molecule has 0 unspecified atom stereocenters. The van der Waals surface area contributed by atoms with Gasteiger partial charge in [-0.1, -0.05) is 23.7 Å². The second-order valence-corrected chi connectivity index (χ2v) is 9.20. The molecule has 8 nitrogen and oxygen atoms in total. The van der Waals surface area contributed by atoms with Crippen LogP contribution in [0.3, 0.4) is 0 Å². The maximum Gasteiger partial charge on any atom is 0.232 e. The number of rotatable bonds is 5. The molecule has 0 atom stereocenters. The van der Waals surface area contributed by atoms with Gasteiger partial charge in [-0.15, -0.1) is 10.2 Å². The molecule has 1 aromatic heterocycles. The van der Waals surface area contributed by atoms with Gasteiger partial charge >= 0.3 is 0 Å². The molecule has 3 aromatic rings. The van der Waals surface area contributed by atoms with Gasteiger partial charge < -0.3 is 0 Å². The van der Waals surface area contributed by atoms with Gasteiger partial charge in [0, 0.05) is 22.7 Å². The van der Waals surface area contributed by atoms with Crippen LogP contribution in [0.2, 0.25) is 5.02 Å². The van der Waals surface area contributed by atoms with E-state index in [0.29, 0.717) is 40.6 Å². The molecule has 2 heterocycles.